The van der Waals surface area contributed by atoms with Gasteiger partial charge in [-0.3, -0.25) is 4.40 Å². The highest BCUT2D eigenvalue weighted by Crippen LogP contribution is 2.42. The summed E-state index contributed by atoms with van der Waals surface area (Å²) in [4.78, 5) is 1.27. The SMILES string of the molecule is Clc1ccc2sc3c(-c4ccccc4)c4ccccc4n3c2c1. The van der Waals surface area contributed by atoms with Crippen molar-refractivity contribution in [2.24, 2.45) is 0 Å². The molecule has 3 heteroatoms. The molecule has 0 fully saturated rings. The predicted molar refractivity (Wildman–Crippen MR) is 101 cm³/mol. The number of aromatic nitrogens is 1. The topological polar surface area (TPSA) is 4.41 Å². The second-order valence-corrected chi connectivity index (χ2v) is 7.08. The lowest BCUT2D eigenvalue weighted by Gasteiger charge is -1.99. The Morgan fingerprint density at radius 1 is 0.783 bits per heavy atom. The zero-order valence-electron chi connectivity index (χ0n) is 12.2. The van der Waals surface area contributed by atoms with Gasteiger partial charge in [-0.15, -0.1) is 11.3 Å². The van der Waals surface area contributed by atoms with Crippen LogP contribution in [0, 0.1) is 0 Å². The second kappa shape index (κ2) is 4.85. The molecular formula is C20H12ClNS. The predicted octanol–water partition coefficient (Wildman–Crippen LogP) is 6.63. The van der Waals surface area contributed by atoms with Crippen LogP contribution in [0.5, 0.6) is 0 Å². The Morgan fingerprint density at radius 2 is 1.57 bits per heavy atom. The van der Waals surface area contributed by atoms with E-state index in [4.69, 9.17) is 11.6 Å². The van der Waals surface area contributed by atoms with Gasteiger partial charge >= 0.3 is 0 Å². The third kappa shape index (κ3) is 1.86. The largest absolute Gasteiger partial charge is 0.299 e. The third-order valence-corrected chi connectivity index (χ3v) is 5.64. The summed E-state index contributed by atoms with van der Waals surface area (Å²) in [7, 11) is 0. The number of thiazole rings is 1. The number of hydrogen-bond acceptors (Lipinski definition) is 1. The van der Waals surface area contributed by atoms with Gasteiger partial charge in [0.2, 0.25) is 0 Å². The van der Waals surface area contributed by atoms with Crippen LogP contribution in [0.25, 0.3) is 37.1 Å². The van der Waals surface area contributed by atoms with E-state index < -0.39 is 0 Å². The smallest absolute Gasteiger partial charge is 0.109 e. The highest BCUT2D eigenvalue weighted by atomic mass is 35.5. The summed E-state index contributed by atoms with van der Waals surface area (Å²) in [5.74, 6) is 0. The number of halogens is 1. The first-order valence-corrected chi connectivity index (χ1v) is 8.69. The molecule has 0 atom stereocenters. The van der Waals surface area contributed by atoms with E-state index in [1.165, 1.54) is 37.1 Å². The molecule has 1 nitrogen and oxygen atoms in total. The van der Waals surface area contributed by atoms with Gasteiger partial charge in [-0.05, 0) is 29.8 Å². The number of benzene rings is 3. The average molecular weight is 334 g/mol. The number of hydrogen-bond donors (Lipinski definition) is 0. The van der Waals surface area contributed by atoms with Crippen molar-refractivity contribution in [1.82, 2.24) is 4.40 Å². The molecule has 0 radical (unpaired) electrons. The van der Waals surface area contributed by atoms with Crippen LogP contribution in [0.2, 0.25) is 5.02 Å². The van der Waals surface area contributed by atoms with E-state index in [1.807, 2.05) is 17.4 Å². The summed E-state index contributed by atoms with van der Waals surface area (Å²) < 4.78 is 3.59. The van der Waals surface area contributed by atoms with E-state index in [9.17, 15) is 0 Å². The van der Waals surface area contributed by atoms with Crippen LogP contribution in [0.15, 0.2) is 72.8 Å². The molecule has 0 saturated carbocycles. The number of para-hydroxylation sites is 1. The molecule has 0 N–H and O–H groups in total. The van der Waals surface area contributed by atoms with Gasteiger partial charge < -0.3 is 0 Å². The quantitative estimate of drug-likeness (QED) is 0.324. The molecular weight excluding hydrogens is 322 g/mol. The van der Waals surface area contributed by atoms with Crippen LogP contribution >= 0.6 is 22.9 Å². The summed E-state index contributed by atoms with van der Waals surface area (Å²) in [5.41, 5.74) is 4.97. The molecule has 0 aliphatic heterocycles. The molecule has 0 spiro atoms. The van der Waals surface area contributed by atoms with Crippen molar-refractivity contribution in [2.75, 3.05) is 0 Å². The summed E-state index contributed by atoms with van der Waals surface area (Å²) in [6.45, 7) is 0. The van der Waals surface area contributed by atoms with Crippen molar-refractivity contribution in [3.8, 4) is 11.1 Å². The Balaban J connectivity index is 2.05. The van der Waals surface area contributed by atoms with E-state index in [-0.39, 0.29) is 0 Å². The first kappa shape index (κ1) is 13.2. The van der Waals surface area contributed by atoms with Crippen LogP contribution in [-0.4, -0.2) is 4.40 Å². The molecule has 5 aromatic rings. The van der Waals surface area contributed by atoms with E-state index in [0.29, 0.717) is 0 Å². The van der Waals surface area contributed by atoms with Crippen molar-refractivity contribution in [3.63, 3.8) is 0 Å². The van der Waals surface area contributed by atoms with Gasteiger partial charge in [0.1, 0.15) is 4.83 Å². The van der Waals surface area contributed by atoms with Gasteiger partial charge in [0.05, 0.1) is 15.7 Å². The van der Waals surface area contributed by atoms with Crippen LogP contribution in [0.1, 0.15) is 0 Å². The van der Waals surface area contributed by atoms with Crippen LogP contribution < -0.4 is 0 Å². The molecule has 110 valence electrons. The van der Waals surface area contributed by atoms with Crippen molar-refractivity contribution < 1.29 is 0 Å². The van der Waals surface area contributed by atoms with Gasteiger partial charge in [0, 0.05) is 16.0 Å². The highest BCUT2D eigenvalue weighted by Gasteiger charge is 2.17. The zero-order valence-corrected chi connectivity index (χ0v) is 13.7. The maximum absolute atomic E-state index is 6.24. The van der Waals surface area contributed by atoms with Gasteiger partial charge in [-0.2, -0.15) is 0 Å². The van der Waals surface area contributed by atoms with E-state index in [1.54, 1.807) is 0 Å². The molecule has 2 heterocycles. The fraction of sp³-hybridized carbons (Fsp3) is 0. The van der Waals surface area contributed by atoms with Gasteiger partial charge in [0.15, 0.2) is 0 Å². The van der Waals surface area contributed by atoms with Gasteiger partial charge in [0.25, 0.3) is 0 Å². The van der Waals surface area contributed by atoms with Gasteiger partial charge in [-0.25, -0.2) is 0 Å². The summed E-state index contributed by atoms with van der Waals surface area (Å²) in [6, 6.07) is 25.3. The molecule has 3 aromatic carbocycles. The minimum atomic E-state index is 0.774. The van der Waals surface area contributed by atoms with E-state index >= 15 is 0 Å². The third-order valence-electron chi connectivity index (χ3n) is 4.26. The highest BCUT2D eigenvalue weighted by molar-refractivity contribution is 7.24. The summed E-state index contributed by atoms with van der Waals surface area (Å²) >= 11 is 8.06. The van der Waals surface area contributed by atoms with Crippen LogP contribution in [0.4, 0.5) is 0 Å². The Morgan fingerprint density at radius 3 is 2.43 bits per heavy atom. The van der Waals surface area contributed by atoms with E-state index in [2.05, 4.69) is 71.1 Å². The van der Waals surface area contributed by atoms with Gasteiger partial charge in [-0.1, -0.05) is 60.1 Å². The maximum atomic E-state index is 6.24. The lowest BCUT2D eigenvalue weighted by atomic mass is 10.1. The molecule has 0 aliphatic rings. The Hall–Kier alpha value is -2.29. The first-order chi connectivity index (χ1) is 11.3. The van der Waals surface area contributed by atoms with E-state index in [0.717, 1.165) is 5.02 Å². The summed E-state index contributed by atoms with van der Waals surface area (Å²) in [5, 5.41) is 2.06. The Bertz CT molecular complexity index is 1170. The second-order valence-electron chi connectivity index (χ2n) is 5.61. The zero-order chi connectivity index (χ0) is 15.4. The fourth-order valence-electron chi connectivity index (χ4n) is 3.29. The molecule has 0 amide bonds. The monoisotopic (exact) mass is 333 g/mol. The van der Waals surface area contributed by atoms with Crippen molar-refractivity contribution in [1.29, 1.82) is 0 Å². The molecule has 0 bridgehead atoms. The standard InChI is InChI=1S/C20H12ClNS/c21-14-10-11-18-17(12-14)22-16-9-5-4-8-15(16)19(20(22)23-18)13-6-2-1-3-7-13/h1-12H. The Kier molecular flexibility index (Phi) is 2.78. The minimum absolute atomic E-state index is 0.774. The molecule has 0 unspecified atom stereocenters. The Labute approximate surface area is 142 Å². The lowest BCUT2D eigenvalue weighted by molar-refractivity contribution is 1.37. The number of nitrogens with zero attached hydrogens (tertiary/aromatic N) is 1. The molecule has 2 aromatic heterocycles. The fourth-order valence-corrected chi connectivity index (χ4v) is 4.68. The average Bonchev–Trinajstić information content (AvgIpc) is 3.10. The number of rotatable bonds is 1. The van der Waals surface area contributed by atoms with Crippen molar-refractivity contribution >= 4 is 48.9 Å². The maximum Gasteiger partial charge on any atom is 0.109 e. The lowest BCUT2D eigenvalue weighted by Crippen LogP contribution is -1.79. The van der Waals surface area contributed by atoms with Crippen LogP contribution in [0.3, 0.4) is 0 Å². The molecule has 0 aliphatic carbocycles. The minimum Gasteiger partial charge on any atom is -0.299 e. The summed E-state index contributed by atoms with van der Waals surface area (Å²) in [6.07, 6.45) is 0. The van der Waals surface area contributed by atoms with Crippen molar-refractivity contribution in [3.05, 3.63) is 77.8 Å². The normalized spacial score (nSPS) is 11.7. The molecule has 0 saturated heterocycles. The molecule has 23 heavy (non-hydrogen) atoms. The molecule has 5 rings (SSSR count). The van der Waals surface area contributed by atoms with Crippen LogP contribution in [-0.2, 0) is 0 Å². The first-order valence-electron chi connectivity index (χ1n) is 7.49. The number of fused-ring (bicyclic) bond motifs is 5. The van der Waals surface area contributed by atoms with Crippen molar-refractivity contribution in [2.45, 2.75) is 0 Å².